The second-order valence-corrected chi connectivity index (χ2v) is 2.18. The molecule has 0 aliphatic heterocycles. The molecule has 0 aliphatic rings. The highest BCUT2D eigenvalue weighted by molar-refractivity contribution is 6.06. The van der Waals surface area contributed by atoms with Gasteiger partial charge in [0.2, 0.25) is 5.91 Å². The number of carboxylic acids is 1. The number of amides is 1. The molecule has 1 amide bonds. The summed E-state index contributed by atoms with van der Waals surface area (Å²) < 4.78 is 0. The third-order valence-electron chi connectivity index (χ3n) is 1.33. The van der Waals surface area contributed by atoms with Gasteiger partial charge in [0.05, 0.1) is 6.04 Å². The molecule has 0 aromatic rings. The summed E-state index contributed by atoms with van der Waals surface area (Å²) in [4.78, 5) is 20.6. The molecule has 0 saturated carbocycles. The fourth-order valence-corrected chi connectivity index (χ4v) is 0.678. The van der Waals surface area contributed by atoms with Crippen molar-refractivity contribution in [3.05, 3.63) is 0 Å². The molecule has 0 aromatic heterocycles. The van der Waals surface area contributed by atoms with Crippen LogP contribution in [0.2, 0.25) is 0 Å². The van der Waals surface area contributed by atoms with Gasteiger partial charge in [-0.3, -0.25) is 9.59 Å². The van der Waals surface area contributed by atoms with Crippen LogP contribution in [0.3, 0.4) is 0 Å². The summed E-state index contributed by atoms with van der Waals surface area (Å²) in [5.74, 6) is -1.44. The average Bonchev–Trinajstić information content (AvgIpc) is 1.87. The Hall–Kier alpha value is -1.04. The van der Waals surface area contributed by atoms with Crippen LogP contribution in [-0.4, -0.2) is 31.0 Å². The first-order valence-electron chi connectivity index (χ1n) is 3.26. The smallest absolute Gasteiger partial charge is 0.319 e. The van der Waals surface area contributed by atoms with Crippen LogP contribution in [0.5, 0.6) is 0 Å². The van der Waals surface area contributed by atoms with E-state index in [0.29, 0.717) is 0 Å². The summed E-state index contributed by atoms with van der Waals surface area (Å²) in [6.45, 7) is 0. The van der Waals surface area contributed by atoms with Gasteiger partial charge in [0.1, 0.15) is 0 Å². The van der Waals surface area contributed by atoms with Crippen LogP contribution < -0.4 is 11.0 Å². The quantitative estimate of drug-likeness (QED) is 0.397. The minimum atomic E-state index is -0.964. The van der Waals surface area contributed by atoms with Crippen molar-refractivity contribution in [2.75, 3.05) is 0 Å². The molecule has 0 fully saturated rings. The largest absolute Gasteiger partial charge is 0.480 e. The van der Waals surface area contributed by atoms with Crippen molar-refractivity contribution in [3.8, 4) is 0 Å². The first-order chi connectivity index (χ1) is 5.07. The fourth-order valence-electron chi connectivity index (χ4n) is 0.678. The lowest BCUT2D eigenvalue weighted by Gasteiger charge is -2.08. The Kier molecular flexibility index (Phi) is 4.29. The zero-order valence-electron chi connectivity index (χ0n) is 6.33. The van der Waals surface area contributed by atoms with Gasteiger partial charge in [0, 0.05) is 6.42 Å². The van der Waals surface area contributed by atoms with Gasteiger partial charge >= 0.3 is 5.97 Å². The van der Waals surface area contributed by atoms with Gasteiger partial charge < -0.3 is 16.1 Å². The Morgan fingerprint density at radius 1 is 1.64 bits per heavy atom. The lowest BCUT2D eigenvalue weighted by atomic mass is 10.1. The van der Waals surface area contributed by atoms with E-state index in [4.69, 9.17) is 10.8 Å². The van der Waals surface area contributed by atoms with E-state index in [0.717, 1.165) is 0 Å². The normalized spacial score (nSPS) is 12.4. The molecule has 1 unspecified atom stereocenters. The number of rotatable bonds is 5. The van der Waals surface area contributed by atoms with Crippen LogP contribution >= 0.6 is 0 Å². The van der Waals surface area contributed by atoms with Gasteiger partial charge in [-0.25, -0.2) is 0 Å². The maximum Gasteiger partial charge on any atom is 0.319 e. The molecule has 0 spiro atoms. The van der Waals surface area contributed by atoms with Crippen LogP contribution in [0.15, 0.2) is 0 Å². The number of carboxylic acid groups (broad SMARTS) is 1. The zero-order chi connectivity index (χ0) is 8.85. The fraction of sp³-hybridized carbons (Fsp3) is 0.600. The molecule has 0 aliphatic carbocycles. The van der Waals surface area contributed by atoms with Gasteiger partial charge in [0.25, 0.3) is 0 Å². The second-order valence-electron chi connectivity index (χ2n) is 2.18. The number of carbonyl (C=O) groups is 2. The molecule has 6 heteroatoms. The minimum Gasteiger partial charge on any atom is -0.480 e. The summed E-state index contributed by atoms with van der Waals surface area (Å²) in [5.41, 5.74) is 4.84. The highest BCUT2D eigenvalue weighted by atomic mass is 16.4. The molecule has 0 aromatic carbocycles. The summed E-state index contributed by atoms with van der Waals surface area (Å²) in [5, 5.41) is 11.0. The highest BCUT2D eigenvalue weighted by Gasteiger charge is 2.14. The van der Waals surface area contributed by atoms with E-state index >= 15 is 0 Å². The van der Waals surface area contributed by atoms with Crippen molar-refractivity contribution in [2.24, 2.45) is 5.73 Å². The van der Waals surface area contributed by atoms with Crippen molar-refractivity contribution in [1.82, 2.24) is 5.23 Å². The predicted octanol–water partition coefficient (Wildman–Crippen LogP) is -2.16. The summed E-state index contributed by atoms with van der Waals surface area (Å²) >= 11 is 0. The number of hydrogen-bond acceptors (Lipinski definition) is 3. The number of hydrogen-bond donors (Lipinski definition) is 3. The molecular formula is C5H11BN2O3. The Labute approximate surface area is 65.4 Å². The minimum absolute atomic E-state index is 0.0950. The van der Waals surface area contributed by atoms with Gasteiger partial charge in [-0.2, -0.15) is 0 Å². The maximum atomic E-state index is 10.3. The summed E-state index contributed by atoms with van der Waals surface area (Å²) in [7, 11) is 1.53. The SMILES string of the molecule is BNC(CCC(N)=O)C(=O)O. The van der Waals surface area contributed by atoms with Crippen LogP contribution in [0.4, 0.5) is 0 Å². The molecule has 0 radical (unpaired) electrons. The molecule has 0 bridgehead atoms. The summed E-state index contributed by atoms with van der Waals surface area (Å²) in [6.07, 6.45) is 0.332. The number of nitrogens with one attached hydrogen (secondary N) is 1. The predicted molar refractivity (Wildman–Crippen MR) is 41.5 cm³/mol. The lowest BCUT2D eigenvalue weighted by Crippen LogP contribution is -2.35. The van der Waals surface area contributed by atoms with Gasteiger partial charge in [-0.05, 0) is 6.42 Å². The van der Waals surface area contributed by atoms with E-state index < -0.39 is 17.9 Å². The van der Waals surface area contributed by atoms with E-state index in [1.165, 1.54) is 7.98 Å². The van der Waals surface area contributed by atoms with Crippen LogP contribution in [0.25, 0.3) is 0 Å². The standard InChI is InChI=1S/C5H11BN2O3/c6-8-3(5(10)11)1-2-4(7)9/h3,8H,1-2,6H2,(H2,7,9)(H,10,11). The Morgan fingerprint density at radius 3 is 2.45 bits per heavy atom. The molecule has 11 heavy (non-hydrogen) atoms. The van der Waals surface area contributed by atoms with Crippen molar-refractivity contribution in [1.29, 1.82) is 0 Å². The third-order valence-corrected chi connectivity index (χ3v) is 1.33. The molecule has 62 valence electrons. The zero-order valence-corrected chi connectivity index (χ0v) is 6.33. The van der Waals surface area contributed by atoms with Crippen molar-refractivity contribution in [3.63, 3.8) is 0 Å². The second kappa shape index (κ2) is 4.73. The van der Waals surface area contributed by atoms with Crippen molar-refractivity contribution < 1.29 is 14.7 Å². The number of carbonyl (C=O) groups excluding carboxylic acids is 1. The Morgan fingerprint density at radius 2 is 2.18 bits per heavy atom. The third kappa shape index (κ3) is 4.38. The van der Waals surface area contributed by atoms with E-state index in [1.54, 1.807) is 0 Å². The monoisotopic (exact) mass is 158 g/mol. The highest BCUT2D eigenvalue weighted by Crippen LogP contribution is 1.95. The molecule has 0 heterocycles. The number of nitrogens with two attached hydrogens (primary N) is 1. The van der Waals surface area contributed by atoms with Crippen molar-refractivity contribution in [2.45, 2.75) is 18.9 Å². The topological polar surface area (TPSA) is 92.4 Å². The summed E-state index contributed by atoms with van der Waals surface area (Å²) in [6, 6.07) is -0.678. The Balaban J connectivity index is 3.70. The van der Waals surface area contributed by atoms with Crippen LogP contribution in [0.1, 0.15) is 12.8 Å². The van der Waals surface area contributed by atoms with E-state index in [9.17, 15) is 9.59 Å². The van der Waals surface area contributed by atoms with Crippen LogP contribution in [0, 0.1) is 0 Å². The van der Waals surface area contributed by atoms with E-state index in [-0.39, 0.29) is 12.8 Å². The molecule has 0 rings (SSSR count). The number of primary amides is 1. The molecular weight excluding hydrogens is 147 g/mol. The molecule has 1 atom stereocenters. The maximum absolute atomic E-state index is 10.3. The van der Waals surface area contributed by atoms with E-state index in [1.807, 2.05) is 0 Å². The molecule has 0 saturated heterocycles. The first kappa shape index (κ1) is 9.96. The number of aliphatic carboxylic acids is 1. The first-order valence-corrected chi connectivity index (χ1v) is 3.26. The van der Waals surface area contributed by atoms with E-state index in [2.05, 4.69) is 5.23 Å². The Bertz CT molecular complexity index is 162. The van der Waals surface area contributed by atoms with Gasteiger partial charge in [0.15, 0.2) is 7.98 Å². The molecule has 4 N–H and O–H groups in total. The van der Waals surface area contributed by atoms with Gasteiger partial charge in [-0.1, -0.05) is 0 Å². The molecule has 5 nitrogen and oxygen atoms in total. The van der Waals surface area contributed by atoms with Crippen molar-refractivity contribution >= 4 is 19.9 Å². The lowest BCUT2D eigenvalue weighted by molar-refractivity contribution is -0.139. The average molecular weight is 158 g/mol. The van der Waals surface area contributed by atoms with Crippen LogP contribution in [-0.2, 0) is 9.59 Å². The van der Waals surface area contributed by atoms with Gasteiger partial charge in [-0.15, -0.1) is 0 Å².